The van der Waals surface area contributed by atoms with Gasteiger partial charge in [0.2, 0.25) is 11.1 Å². The molecule has 92 valence electrons. The van der Waals surface area contributed by atoms with E-state index in [1.54, 1.807) is 0 Å². The van der Waals surface area contributed by atoms with Crippen LogP contribution in [0.1, 0.15) is 0 Å². The van der Waals surface area contributed by atoms with Gasteiger partial charge >= 0.3 is 16.1 Å². The summed E-state index contributed by atoms with van der Waals surface area (Å²) in [5.74, 6) is -0.467. The standard InChI is InChI=1S/C10H6N2O5S/c11-12-8-5-4-6-7(10(8)13)2-1-3-9(6)17-18(14,15)16/h1-5H,(H-,13,14,15,16)/p+1. The monoisotopic (exact) mass is 267 g/mol. The van der Waals surface area contributed by atoms with Crippen LogP contribution in [0.5, 0.6) is 11.5 Å². The van der Waals surface area contributed by atoms with Gasteiger partial charge in [-0.1, -0.05) is 12.1 Å². The molecule has 0 heterocycles. The molecule has 2 aromatic rings. The quantitative estimate of drug-likeness (QED) is 0.637. The molecule has 2 rings (SSSR count). The van der Waals surface area contributed by atoms with Crippen LogP contribution in [0.2, 0.25) is 0 Å². The molecule has 8 heteroatoms. The third-order valence-corrected chi connectivity index (χ3v) is 2.66. The van der Waals surface area contributed by atoms with Gasteiger partial charge in [0, 0.05) is 16.8 Å². The first-order valence-electron chi connectivity index (χ1n) is 4.69. The molecule has 0 saturated carbocycles. The van der Waals surface area contributed by atoms with Crippen LogP contribution in [0.3, 0.4) is 0 Å². The Kier molecular flexibility index (Phi) is 2.78. The van der Waals surface area contributed by atoms with Gasteiger partial charge < -0.3 is 9.29 Å². The molecule has 0 aliphatic heterocycles. The van der Waals surface area contributed by atoms with Crippen LogP contribution in [0.25, 0.3) is 15.7 Å². The van der Waals surface area contributed by atoms with E-state index in [2.05, 4.69) is 9.16 Å². The van der Waals surface area contributed by atoms with E-state index in [-0.39, 0.29) is 28.0 Å². The van der Waals surface area contributed by atoms with E-state index >= 15 is 0 Å². The first-order chi connectivity index (χ1) is 8.42. The Bertz CT molecular complexity index is 764. The molecule has 0 radical (unpaired) electrons. The van der Waals surface area contributed by atoms with Crippen molar-refractivity contribution in [2.45, 2.75) is 0 Å². The van der Waals surface area contributed by atoms with E-state index in [1.165, 1.54) is 30.3 Å². The van der Waals surface area contributed by atoms with Crippen LogP contribution in [0.15, 0.2) is 30.3 Å². The number of nitrogens with zero attached hydrogens (tertiary/aromatic N) is 2. The average molecular weight is 267 g/mol. The van der Waals surface area contributed by atoms with Crippen molar-refractivity contribution < 1.29 is 22.3 Å². The number of phenols is 1. The molecule has 0 amide bonds. The van der Waals surface area contributed by atoms with E-state index < -0.39 is 10.4 Å². The molecular weight excluding hydrogens is 260 g/mol. The minimum absolute atomic E-state index is 0.0634. The molecule has 0 aliphatic carbocycles. The zero-order valence-electron chi connectivity index (χ0n) is 8.81. The number of hydrogen-bond acceptors (Lipinski definition) is 5. The van der Waals surface area contributed by atoms with Gasteiger partial charge in [0.05, 0.1) is 0 Å². The number of aromatic hydroxyl groups is 1. The first kappa shape index (κ1) is 12.1. The smallest absolute Gasteiger partial charge is 0.446 e. The van der Waals surface area contributed by atoms with Crippen LogP contribution in [-0.4, -0.2) is 18.1 Å². The fourth-order valence-electron chi connectivity index (χ4n) is 1.57. The zero-order valence-corrected chi connectivity index (χ0v) is 9.63. The SMILES string of the molecule is N#[N+]c1ccc2c(OS(=O)(=O)O)cccc2c1O. The lowest BCUT2D eigenvalue weighted by Crippen LogP contribution is -2.06. The molecule has 2 aromatic carbocycles. The van der Waals surface area contributed by atoms with Gasteiger partial charge in [-0.25, -0.2) is 0 Å². The average Bonchev–Trinajstić information content (AvgIpc) is 2.28. The number of fused-ring (bicyclic) bond motifs is 1. The van der Waals surface area contributed by atoms with E-state index in [1.807, 2.05) is 0 Å². The fraction of sp³-hybridized carbons (Fsp3) is 0. The van der Waals surface area contributed by atoms with Crippen molar-refractivity contribution in [1.82, 2.24) is 0 Å². The van der Waals surface area contributed by atoms with Gasteiger partial charge in [0.25, 0.3) is 0 Å². The Labute approximate surface area is 102 Å². The largest absolute Gasteiger partial charge is 0.501 e. The summed E-state index contributed by atoms with van der Waals surface area (Å²) in [5.41, 5.74) is -0.0634. The summed E-state index contributed by atoms with van der Waals surface area (Å²) in [5, 5.41) is 18.9. The molecule has 0 unspecified atom stereocenters. The highest BCUT2D eigenvalue weighted by atomic mass is 32.3. The minimum Gasteiger partial charge on any atom is -0.501 e. The highest BCUT2D eigenvalue weighted by Gasteiger charge is 2.19. The van der Waals surface area contributed by atoms with Crippen molar-refractivity contribution in [3.8, 4) is 11.5 Å². The van der Waals surface area contributed by atoms with Crippen LogP contribution < -0.4 is 4.18 Å². The first-order valence-corrected chi connectivity index (χ1v) is 6.05. The summed E-state index contributed by atoms with van der Waals surface area (Å²) in [6, 6.07) is 6.88. The molecule has 2 N–H and O–H groups in total. The van der Waals surface area contributed by atoms with Gasteiger partial charge in [0.15, 0.2) is 10.7 Å². The lowest BCUT2D eigenvalue weighted by atomic mass is 10.1. The van der Waals surface area contributed by atoms with Crippen molar-refractivity contribution in [2.75, 3.05) is 0 Å². The molecule has 0 aliphatic rings. The van der Waals surface area contributed by atoms with Gasteiger partial charge in [-0.05, 0) is 12.1 Å². The summed E-state index contributed by atoms with van der Waals surface area (Å²) in [7, 11) is -4.65. The second kappa shape index (κ2) is 4.14. The van der Waals surface area contributed by atoms with Crippen LogP contribution in [0.4, 0.5) is 5.69 Å². The third kappa shape index (κ3) is 2.17. The van der Waals surface area contributed by atoms with E-state index in [0.29, 0.717) is 0 Å². The summed E-state index contributed by atoms with van der Waals surface area (Å²) in [4.78, 5) is 2.87. The lowest BCUT2D eigenvalue weighted by Gasteiger charge is -2.05. The molecule has 0 bridgehead atoms. The summed E-state index contributed by atoms with van der Waals surface area (Å²) >= 11 is 0. The van der Waals surface area contributed by atoms with E-state index in [0.717, 1.165) is 0 Å². The van der Waals surface area contributed by atoms with Gasteiger partial charge in [-0.2, -0.15) is 8.42 Å². The number of diazo groups is 1. The molecule has 18 heavy (non-hydrogen) atoms. The molecular formula is C10H7N2O5S+. The Morgan fingerprint density at radius 2 is 1.89 bits per heavy atom. The Hall–Kier alpha value is -2.37. The molecule has 0 saturated heterocycles. The topological polar surface area (TPSA) is 112 Å². The number of hydrogen-bond donors (Lipinski definition) is 2. The van der Waals surface area contributed by atoms with Gasteiger partial charge in [-0.15, -0.1) is 0 Å². The highest BCUT2D eigenvalue weighted by Crippen LogP contribution is 2.38. The molecule has 0 atom stereocenters. The summed E-state index contributed by atoms with van der Waals surface area (Å²) in [6.45, 7) is 0. The Morgan fingerprint density at radius 1 is 1.17 bits per heavy atom. The maximum Gasteiger partial charge on any atom is 0.446 e. The second-order valence-corrected chi connectivity index (χ2v) is 4.42. The molecule has 0 aromatic heterocycles. The van der Waals surface area contributed by atoms with Gasteiger partial charge in [-0.3, -0.25) is 4.55 Å². The van der Waals surface area contributed by atoms with Crippen LogP contribution in [-0.2, 0) is 10.4 Å². The third-order valence-electron chi connectivity index (χ3n) is 2.27. The summed E-state index contributed by atoms with van der Waals surface area (Å²) in [6.07, 6.45) is 0. The van der Waals surface area contributed by atoms with Crippen molar-refractivity contribution in [2.24, 2.45) is 0 Å². The molecule has 0 fully saturated rings. The van der Waals surface area contributed by atoms with E-state index in [9.17, 15) is 13.5 Å². The maximum absolute atomic E-state index is 10.7. The number of benzene rings is 2. The van der Waals surface area contributed by atoms with Crippen LogP contribution in [0, 0.1) is 5.39 Å². The summed E-state index contributed by atoms with van der Waals surface area (Å²) < 4.78 is 34.3. The number of rotatable bonds is 2. The minimum atomic E-state index is -4.65. The Balaban J connectivity index is 2.73. The lowest BCUT2D eigenvalue weighted by molar-refractivity contribution is 0.388. The number of phenolic OH excluding ortho intramolecular Hbond substituents is 1. The second-order valence-electron chi connectivity index (χ2n) is 3.40. The van der Waals surface area contributed by atoms with Crippen molar-refractivity contribution >= 4 is 26.9 Å². The predicted octanol–water partition coefficient (Wildman–Crippen LogP) is 2.21. The molecule has 0 spiro atoms. The van der Waals surface area contributed by atoms with E-state index in [4.69, 9.17) is 9.95 Å². The Morgan fingerprint density at radius 3 is 2.50 bits per heavy atom. The highest BCUT2D eigenvalue weighted by molar-refractivity contribution is 7.81. The van der Waals surface area contributed by atoms with Crippen molar-refractivity contribution in [1.29, 1.82) is 5.39 Å². The van der Waals surface area contributed by atoms with Crippen molar-refractivity contribution in [3.05, 3.63) is 35.3 Å². The molecule has 7 nitrogen and oxygen atoms in total. The predicted molar refractivity (Wildman–Crippen MR) is 62.5 cm³/mol. The van der Waals surface area contributed by atoms with Crippen LogP contribution >= 0.6 is 0 Å². The maximum atomic E-state index is 10.7. The fourth-order valence-corrected chi connectivity index (χ4v) is 1.94. The van der Waals surface area contributed by atoms with Crippen molar-refractivity contribution in [3.63, 3.8) is 0 Å². The normalized spacial score (nSPS) is 11.1. The zero-order chi connectivity index (χ0) is 13.3. The van der Waals surface area contributed by atoms with Gasteiger partial charge in [0.1, 0.15) is 0 Å².